The molecule has 3 rings (SSSR count). The van der Waals surface area contributed by atoms with Crippen LogP contribution in [0, 0.1) is 23.7 Å². The minimum absolute atomic E-state index is 0.335. The highest BCUT2D eigenvalue weighted by Gasteiger charge is 2.40. The lowest BCUT2D eigenvalue weighted by molar-refractivity contribution is -0.123. The van der Waals surface area contributed by atoms with E-state index in [4.69, 9.17) is 0 Å². The van der Waals surface area contributed by atoms with Gasteiger partial charge in [-0.3, -0.25) is 4.79 Å². The van der Waals surface area contributed by atoms with E-state index in [0.29, 0.717) is 17.9 Å². The average Bonchev–Trinajstić information content (AvgIpc) is 2.95. The van der Waals surface area contributed by atoms with Crippen LogP contribution in [0.2, 0.25) is 0 Å². The van der Waals surface area contributed by atoms with Crippen LogP contribution >= 0.6 is 0 Å². The van der Waals surface area contributed by atoms with Crippen molar-refractivity contribution in [3.05, 3.63) is 0 Å². The molecule has 2 nitrogen and oxygen atoms in total. The first-order valence-electron chi connectivity index (χ1n) is 7.50. The number of hydrogen-bond donors (Lipinski definition) is 1. The van der Waals surface area contributed by atoms with Gasteiger partial charge in [-0.2, -0.15) is 0 Å². The smallest absolute Gasteiger partial charge is 0.220 e. The summed E-state index contributed by atoms with van der Waals surface area (Å²) in [4.78, 5) is 12.0. The molecule has 2 bridgehead atoms. The van der Waals surface area contributed by atoms with Gasteiger partial charge in [0.1, 0.15) is 0 Å². The maximum atomic E-state index is 12.0. The molecule has 3 fully saturated rings. The number of amides is 1. The van der Waals surface area contributed by atoms with E-state index in [9.17, 15) is 4.79 Å². The molecule has 1 amide bonds. The molecule has 0 saturated heterocycles. The molecule has 0 aromatic heterocycles. The van der Waals surface area contributed by atoms with Crippen LogP contribution in [-0.2, 0) is 4.79 Å². The summed E-state index contributed by atoms with van der Waals surface area (Å²) in [5, 5.41) is 3.26. The van der Waals surface area contributed by atoms with Crippen molar-refractivity contribution in [3.8, 4) is 0 Å². The molecule has 1 N–H and O–H groups in total. The third kappa shape index (κ3) is 2.51. The Morgan fingerprint density at radius 3 is 2.59 bits per heavy atom. The van der Waals surface area contributed by atoms with Crippen LogP contribution in [0.3, 0.4) is 0 Å². The summed E-state index contributed by atoms with van der Waals surface area (Å²) in [6.45, 7) is 2.29. The molecule has 5 unspecified atom stereocenters. The molecular weight excluding hydrogens is 210 g/mol. The fourth-order valence-electron chi connectivity index (χ4n) is 4.49. The van der Waals surface area contributed by atoms with Gasteiger partial charge in [-0.25, -0.2) is 0 Å². The van der Waals surface area contributed by atoms with Crippen molar-refractivity contribution in [1.82, 2.24) is 5.32 Å². The lowest BCUT2D eigenvalue weighted by Gasteiger charge is -2.22. The molecule has 2 heteroatoms. The van der Waals surface area contributed by atoms with Crippen molar-refractivity contribution in [1.29, 1.82) is 0 Å². The minimum atomic E-state index is 0.335. The lowest BCUT2D eigenvalue weighted by atomic mass is 9.86. The summed E-state index contributed by atoms with van der Waals surface area (Å²) in [5.74, 6) is 3.70. The summed E-state index contributed by atoms with van der Waals surface area (Å²) in [6.07, 6.45) is 10.1. The van der Waals surface area contributed by atoms with Crippen LogP contribution in [0.25, 0.3) is 0 Å². The Kier molecular flexibility index (Phi) is 3.14. The predicted molar refractivity (Wildman–Crippen MR) is 68.5 cm³/mol. The van der Waals surface area contributed by atoms with E-state index in [-0.39, 0.29) is 0 Å². The third-order valence-electron chi connectivity index (χ3n) is 5.39. The largest absolute Gasteiger partial charge is 0.353 e. The Bertz CT molecular complexity index is 301. The normalized spacial score (nSPS) is 44.2. The molecule has 0 aliphatic heterocycles. The standard InChI is InChI=1S/C15H25NO/c1-10-2-5-14(6-10)16-15(17)9-13-8-11-3-4-12(13)7-11/h10-14H,2-9H2,1H3,(H,16,17). The number of hydrogen-bond acceptors (Lipinski definition) is 1. The van der Waals surface area contributed by atoms with Crippen LogP contribution in [0.5, 0.6) is 0 Å². The molecular formula is C15H25NO. The predicted octanol–water partition coefficient (Wildman–Crippen LogP) is 3.12. The van der Waals surface area contributed by atoms with Crippen molar-refractivity contribution in [2.24, 2.45) is 23.7 Å². The Balaban J connectivity index is 1.44. The number of fused-ring (bicyclic) bond motifs is 2. The van der Waals surface area contributed by atoms with Gasteiger partial charge in [-0.1, -0.05) is 13.3 Å². The first kappa shape index (κ1) is 11.6. The average molecular weight is 235 g/mol. The van der Waals surface area contributed by atoms with Gasteiger partial charge in [0, 0.05) is 12.5 Å². The van der Waals surface area contributed by atoms with Gasteiger partial charge in [0.25, 0.3) is 0 Å². The van der Waals surface area contributed by atoms with E-state index in [1.54, 1.807) is 0 Å². The maximum Gasteiger partial charge on any atom is 0.220 e. The molecule has 17 heavy (non-hydrogen) atoms. The fraction of sp³-hybridized carbons (Fsp3) is 0.933. The number of carbonyl (C=O) groups is 1. The lowest BCUT2D eigenvalue weighted by Crippen LogP contribution is -2.34. The van der Waals surface area contributed by atoms with Crippen LogP contribution in [0.1, 0.15) is 58.3 Å². The zero-order valence-electron chi connectivity index (χ0n) is 11.0. The fourth-order valence-corrected chi connectivity index (χ4v) is 4.49. The summed E-state index contributed by atoms with van der Waals surface area (Å²) < 4.78 is 0. The molecule has 0 aromatic carbocycles. The second kappa shape index (κ2) is 4.62. The Hall–Kier alpha value is -0.530. The van der Waals surface area contributed by atoms with E-state index in [2.05, 4.69) is 12.2 Å². The van der Waals surface area contributed by atoms with E-state index >= 15 is 0 Å². The monoisotopic (exact) mass is 235 g/mol. The molecule has 96 valence electrons. The Morgan fingerprint density at radius 1 is 1.12 bits per heavy atom. The van der Waals surface area contributed by atoms with Crippen LogP contribution in [-0.4, -0.2) is 11.9 Å². The summed E-state index contributed by atoms with van der Waals surface area (Å²) >= 11 is 0. The minimum Gasteiger partial charge on any atom is -0.353 e. The Morgan fingerprint density at radius 2 is 2.00 bits per heavy atom. The summed E-state index contributed by atoms with van der Waals surface area (Å²) in [7, 11) is 0. The van der Waals surface area contributed by atoms with Crippen molar-refractivity contribution in [3.63, 3.8) is 0 Å². The zero-order valence-corrected chi connectivity index (χ0v) is 11.0. The Labute approximate surface area is 105 Å². The molecule has 3 saturated carbocycles. The summed E-state index contributed by atoms with van der Waals surface area (Å²) in [5.41, 5.74) is 0. The highest BCUT2D eigenvalue weighted by atomic mass is 16.1. The van der Waals surface area contributed by atoms with Crippen LogP contribution < -0.4 is 5.32 Å². The third-order valence-corrected chi connectivity index (χ3v) is 5.39. The van der Waals surface area contributed by atoms with Gasteiger partial charge in [-0.05, 0) is 62.2 Å². The number of carbonyl (C=O) groups excluding carboxylic acids is 1. The van der Waals surface area contributed by atoms with Gasteiger partial charge < -0.3 is 5.32 Å². The van der Waals surface area contributed by atoms with Gasteiger partial charge >= 0.3 is 0 Å². The van der Waals surface area contributed by atoms with Crippen molar-refractivity contribution in [2.75, 3.05) is 0 Å². The molecule has 3 aliphatic rings. The highest BCUT2D eigenvalue weighted by Crippen LogP contribution is 2.49. The molecule has 0 spiro atoms. The molecule has 3 aliphatic carbocycles. The van der Waals surface area contributed by atoms with E-state index in [1.807, 2.05) is 0 Å². The SMILES string of the molecule is CC1CCC(NC(=O)CC2CC3CCC2C3)C1. The molecule has 0 aromatic rings. The molecule has 0 radical (unpaired) electrons. The summed E-state index contributed by atoms with van der Waals surface area (Å²) in [6, 6.07) is 0.482. The first-order valence-corrected chi connectivity index (χ1v) is 7.50. The van der Waals surface area contributed by atoms with E-state index < -0.39 is 0 Å². The second-order valence-electron chi connectivity index (χ2n) is 6.82. The van der Waals surface area contributed by atoms with Crippen LogP contribution in [0.4, 0.5) is 0 Å². The number of nitrogens with one attached hydrogen (secondary N) is 1. The zero-order chi connectivity index (χ0) is 11.8. The van der Waals surface area contributed by atoms with Crippen molar-refractivity contribution < 1.29 is 4.79 Å². The van der Waals surface area contributed by atoms with Crippen LogP contribution in [0.15, 0.2) is 0 Å². The van der Waals surface area contributed by atoms with Gasteiger partial charge in [-0.15, -0.1) is 0 Å². The quantitative estimate of drug-likeness (QED) is 0.800. The topological polar surface area (TPSA) is 29.1 Å². The number of rotatable bonds is 3. The first-order chi connectivity index (χ1) is 8.20. The van der Waals surface area contributed by atoms with E-state index in [1.165, 1.54) is 44.9 Å². The van der Waals surface area contributed by atoms with Gasteiger partial charge in [0.15, 0.2) is 0 Å². The van der Waals surface area contributed by atoms with Gasteiger partial charge in [0.2, 0.25) is 5.91 Å². The van der Waals surface area contributed by atoms with E-state index in [0.717, 1.165) is 24.2 Å². The molecule has 5 atom stereocenters. The highest BCUT2D eigenvalue weighted by molar-refractivity contribution is 5.76. The van der Waals surface area contributed by atoms with Gasteiger partial charge in [0.05, 0.1) is 0 Å². The van der Waals surface area contributed by atoms with Crippen molar-refractivity contribution in [2.45, 2.75) is 64.3 Å². The second-order valence-corrected chi connectivity index (χ2v) is 6.82. The molecule has 0 heterocycles. The van der Waals surface area contributed by atoms with Crippen molar-refractivity contribution >= 4 is 5.91 Å². The maximum absolute atomic E-state index is 12.0.